The van der Waals surface area contributed by atoms with Crippen molar-refractivity contribution in [2.24, 2.45) is 5.73 Å². The highest BCUT2D eigenvalue weighted by Crippen LogP contribution is 2.35. The van der Waals surface area contributed by atoms with Crippen molar-refractivity contribution < 1.29 is 17.6 Å². The molecular formula is C26H28FN5O3S. The monoisotopic (exact) mass is 509 g/mol. The number of hydrogen-bond donors (Lipinski definition) is 3. The Kier molecular flexibility index (Phi) is 6.50. The highest BCUT2D eigenvalue weighted by molar-refractivity contribution is 7.89. The molecular weight excluding hydrogens is 481 g/mol. The zero-order valence-corrected chi connectivity index (χ0v) is 20.5. The van der Waals surface area contributed by atoms with E-state index in [1.54, 1.807) is 18.2 Å². The summed E-state index contributed by atoms with van der Waals surface area (Å²) >= 11 is 0. The first kappa shape index (κ1) is 24.4. The SMILES string of the molecule is NCCCN(C1CC1)S(=O)(=O)c1ccc(-c2cnc(N)c(-c3ccc4c(c3)CCNC4=O)c2)c(F)c1. The summed E-state index contributed by atoms with van der Waals surface area (Å²) in [6, 6.07) is 11.1. The van der Waals surface area contributed by atoms with Gasteiger partial charge in [0, 0.05) is 47.6 Å². The third-order valence-electron chi connectivity index (χ3n) is 6.65. The van der Waals surface area contributed by atoms with E-state index in [0.29, 0.717) is 49.2 Å². The molecule has 0 atom stereocenters. The minimum absolute atomic E-state index is 0.0455. The van der Waals surface area contributed by atoms with Crippen LogP contribution in [0.15, 0.2) is 53.6 Å². The fourth-order valence-corrected chi connectivity index (χ4v) is 6.32. The van der Waals surface area contributed by atoms with Gasteiger partial charge in [-0.05, 0) is 67.6 Å². The smallest absolute Gasteiger partial charge is 0.251 e. The van der Waals surface area contributed by atoms with Gasteiger partial charge in [-0.25, -0.2) is 17.8 Å². The van der Waals surface area contributed by atoms with Crippen molar-refractivity contribution in [1.82, 2.24) is 14.6 Å². The van der Waals surface area contributed by atoms with Gasteiger partial charge in [-0.2, -0.15) is 4.31 Å². The van der Waals surface area contributed by atoms with Crippen molar-refractivity contribution >= 4 is 21.7 Å². The molecule has 2 aliphatic rings. The summed E-state index contributed by atoms with van der Waals surface area (Å²) in [5, 5.41) is 2.82. The van der Waals surface area contributed by atoms with Crippen LogP contribution in [0.3, 0.4) is 0 Å². The Morgan fingerprint density at radius 1 is 1.06 bits per heavy atom. The maximum atomic E-state index is 15.3. The molecule has 0 saturated heterocycles. The molecule has 5 rings (SSSR count). The molecule has 1 aliphatic heterocycles. The zero-order valence-electron chi connectivity index (χ0n) is 19.7. The first-order valence-corrected chi connectivity index (χ1v) is 13.4. The lowest BCUT2D eigenvalue weighted by Gasteiger charge is -2.22. The number of nitrogens with zero attached hydrogens (tertiary/aromatic N) is 2. The number of anilines is 1. The van der Waals surface area contributed by atoms with Crippen molar-refractivity contribution in [1.29, 1.82) is 0 Å². The lowest BCUT2D eigenvalue weighted by atomic mass is 9.94. The number of nitrogens with two attached hydrogens (primary N) is 2. The van der Waals surface area contributed by atoms with Gasteiger partial charge in [0.1, 0.15) is 11.6 Å². The maximum absolute atomic E-state index is 15.3. The maximum Gasteiger partial charge on any atom is 0.251 e. The Bertz CT molecular complexity index is 1440. The summed E-state index contributed by atoms with van der Waals surface area (Å²) in [7, 11) is -3.83. The molecule has 188 valence electrons. The van der Waals surface area contributed by atoms with E-state index >= 15 is 4.39 Å². The van der Waals surface area contributed by atoms with Crippen LogP contribution in [0.25, 0.3) is 22.3 Å². The number of carbonyl (C=O) groups excluding carboxylic acids is 1. The Balaban J connectivity index is 1.48. The van der Waals surface area contributed by atoms with Crippen LogP contribution in [-0.2, 0) is 16.4 Å². The summed E-state index contributed by atoms with van der Waals surface area (Å²) < 4.78 is 43.1. The number of amides is 1. The van der Waals surface area contributed by atoms with E-state index in [0.717, 1.165) is 30.0 Å². The highest BCUT2D eigenvalue weighted by Gasteiger charge is 2.37. The van der Waals surface area contributed by atoms with Gasteiger partial charge < -0.3 is 16.8 Å². The summed E-state index contributed by atoms with van der Waals surface area (Å²) in [4.78, 5) is 16.2. The highest BCUT2D eigenvalue weighted by atomic mass is 32.2. The summed E-state index contributed by atoms with van der Waals surface area (Å²) in [5.41, 5.74) is 15.3. The number of halogens is 1. The van der Waals surface area contributed by atoms with Crippen LogP contribution < -0.4 is 16.8 Å². The molecule has 0 bridgehead atoms. The Labute approximate surface area is 209 Å². The first-order valence-electron chi connectivity index (χ1n) is 12.0. The molecule has 1 fully saturated rings. The van der Waals surface area contributed by atoms with Gasteiger partial charge in [0.25, 0.3) is 5.91 Å². The number of pyridine rings is 1. The molecule has 1 saturated carbocycles. The van der Waals surface area contributed by atoms with E-state index in [4.69, 9.17) is 11.5 Å². The lowest BCUT2D eigenvalue weighted by molar-refractivity contribution is 0.0946. The van der Waals surface area contributed by atoms with Crippen LogP contribution in [0, 0.1) is 5.82 Å². The van der Waals surface area contributed by atoms with Crippen LogP contribution in [0.2, 0.25) is 0 Å². The van der Waals surface area contributed by atoms with E-state index in [1.165, 1.54) is 22.6 Å². The standard InChI is InChI=1S/C26H28FN5O3S/c27-24-14-20(36(34,35)32(11-1-9-28)19-3-4-19)5-7-21(24)18-13-23(25(29)31-15-18)16-2-6-22-17(12-16)8-10-30-26(22)33/h2,5-7,12-15,19H,1,3-4,8-11,28H2,(H2,29,31)(H,30,33). The van der Waals surface area contributed by atoms with Crippen LogP contribution in [0.4, 0.5) is 10.2 Å². The van der Waals surface area contributed by atoms with Gasteiger partial charge in [-0.15, -0.1) is 0 Å². The predicted octanol–water partition coefficient (Wildman–Crippen LogP) is 2.92. The van der Waals surface area contributed by atoms with Crippen LogP contribution in [0.5, 0.6) is 0 Å². The number of rotatable bonds is 8. The fourth-order valence-electron chi connectivity index (χ4n) is 4.58. The van der Waals surface area contributed by atoms with E-state index in [9.17, 15) is 13.2 Å². The van der Waals surface area contributed by atoms with E-state index in [-0.39, 0.29) is 28.2 Å². The Hall–Kier alpha value is -3.34. The predicted molar refractivity (Wildman–Crippen MR) is 136 cm³/mol. The summed E-state index contributed by atoms with van der Waals surface area (Å²) in [5.74, 6) is -0.494. The third-order valence-corrected chi connectivity index (χ3v) is 8.60. The number of carbonyl (C=O) groups is 1. The molecule has 1 aromatic heterocycles. The zero-order chi connectivity index (χ0) is 25.4. The fraction of sp³-hybridized carbons (Fsp3) is 0.308. The average Bonchev–Trinajstić information content (AvgIpc) is 3.70. The largest absolute Gasteiger partial charge is 0.383 e. The second-order valence-corrected chi connectivity index (χ2v) is 11.1. The van der Waals surface area contributed by atoms with Gasteiger partial charge in [-0.1, -0.05) is 18.2 Å². The molecule has 0 radical (unpaired) electrons. The third kappa shape index (κ3) is 4.59. The van der Waals surface area contributed by atoms with Crippen molar-refractivity contribution in [3.05, 3.63) is 65.6 Å². The molecule has 10 heteroatoms. The first-order chi connectivity index (χ1) is 17.3. The molecule has 1 amide bonds. The van der Waals surface area contributed by atoms with E-state index < -0.39 is 15.8 Å². The minimum atomic E-state index is -3.83. The Morgan fingerprint density at radius 3 is 2.56 bits per heavy atom. The van der Waals surface area contributed by atoms with E-state index in [2.05, 4.69) is 10.3 Å². The molecule has 2 aromatic carbocycles. The molecule has 36 heavy (non-hydrogen) atoms. The number of fused-ring (bicyclic) bond motifs is 1. The second-order valence-electron chi connectivity index (χ2n) is 9.17. The van der Waals surface area contributed by atoms with Gasteiger partial charge >= 0.3 is 0 Å². The number of sulfonamides is 1. The topological polar surface area (TPSA) is 131 Å². The van der Waals surface area contributed by atoms with Gasteiger partial charge in [0.05, 0.1) is 4.90 Å². The number of benzene rings is 2. The minimum Gasteiger partial charge on any atom is -0.383 e. The molecule has 2 heterocycles. The van der Waals surface area contributed by atoms with Gasteiger partial charge in [-0.3, -0.25) is 4.79 Å². The number of hydrogen-bond acceptors (Lipinski definition) is 6. The summed E-state index contributed by atoms with van der Waals surface area (Å²) in [6.07, 6.45) is 4.32. The number of aromatic nitrogens is 1. The average molecular weight is 510 g/mol. The molecule has 8 nitrogen and oxygen atoms in total. The molecule has 0 unspecified atom stereocenters. The molecule has 1 aliphatic carbocycles. The van der Waals surface area contributed by atoms with Crippen LogP contribution >= 0.6 is 0 Å². The second kappa shape index (κ2) is 9.61. The van der Waals surface area contributed by atoms with Crippen molar-refractivity contribution in [2.45, 2.75) is 36.6 Å². The molecule has 5 N–H and O–H groups in total. The van der Waals surface area contributed by atoms with Crippen LogP contribution in [-0.4, -0.2) is 49.3 Å². The normalized spacial score (nSPS) is 15.6. The van der Waals surface area contributed by atoms with Crippen molar-refractivity contribution in [3.8, 4) is 22.3 Å². The Morgan fingerprint density at radius 2 is 1.83 bits per heavy atom. The van der Waals surface area contributed by atoms with Crippen molar-refractivity contribution in [3.63, 3.8) is 0 Å². The van der Waals surface area contributed by atoms with Gasteiger partial charge in [0.15, 0.2) is 0 Å². The van der Waals surface area contributed by atoms with Gasteiger partial charge in [0.2, 0.25) is 10.0 Å². The quantitative estimate of drug-likeness (QED) is 0.428. The number of nitrogen functional groups attached to an aromatic ring is 1. The molecule has 0 spiro atoms. The van der Waals surface area contributed by atoms with E-state index in [1.807, 2.05) is 6.07 Å². The van der Waals surface area contributed by atoms with Crippen LogP contribution in [0.1, 0.15) is 35.2 Å². The summed E-state index contributed by atoms with van der Waals surface area (Å²) in [6.45, 7) is 1.27. The van der Waals surface area contributed by atoms with Crippen molar-refractivity contribution in [2.75, 3.05) is 25.4 Å². The molecule has 3 aromatic rings. The number of nitrogens with one attached hydrogen (secondary N) is 1. The lowest BCUT2D eigenvalue weighted by Crippen LogP contribution is -2.35.